The normalized spacial score (nSPS) is 14.5. The van der Waals surface area contributed by atoms with Crippen LogP contribution < -0.4 is 5.32 Å². The number of thiol groups is 1. The van der Waals surface area contributed by atoms with Crippen molar-refractivity contribution in [3.63, 3.8) is 0 Å². The van der Waals surface area contributed by atoms with Gasteiger partial charge in [-0.2, -0.15) is 12.6 Å². The predicted octanol–water partition coefficient (Wildman–Crippen LogP) is 1.44. The molecule has 0 aliphatic carbocycles. The van der Waals surface area contributed by atoms with Crippen molar-refractivity contribution in [1.82, 2.24) is 15.3 Å². The van der Waals surface area contributed by atoms with E-state index in [1.54, 1.807) is 12.5 Å². The molecule has 1 rings (SSSR count). The molecule has 96 valence electrons. The minimum Gasteiger partial charge on any atom is -0.480 e. The van der Waals surface area contributed by atoms with Gasteiger partial charge in [-0.05, 0) is 6.42 Å². The third kappa shape index (κ3) is 5.23. The number of aliphatic carboxylic acids is 1. The summed E-state index contributed by atoms with van der Waals surface area (Å²) in [4.78, 5) is 17.9. The van der Waals surface area contributed by atoms with Crippen LogP contribution in [0.15, 0.2) is 12.5 Å². The molecule has 1 aromatic heterocycles. The van der Waals surface area contributed by atoms with Crippen molar-refractivity contribution >= 4 is 18.6 Å². The molecule has 17 heavy (non-hydrogen) atoms. The van der Waals surface area contributed by atoms with E-state index < -0.39 is 12.0 Å². The highest BCUT2D eigenvalue weighted by molar-refractivity contribution is 7.80. The van der Waals surface area contributed by atoms with Crippen LogP contribution in [0.25, 0.3) is 0 Å². The summed E-state index contributed by atoms with van der Waals surface area (Å²) in [6.45, 7) is 2.10. The summed E-state index contributed by atoms with van der Waals surface area (Å²) in [5.41, 5.74) is 0.806. The molecule has 5 nitrogen and oxygen atoms in total. The van der Waals surface area contributed by atoms with Crippen LogP contribution in [0, 0.1) is 0 Å². The molecule has 0 bridgehead atoms. The number of nitrogens with one attached hydrogen (secondary N) is 2. The first kappa shape index (κ1) is 14.1. The first-order valence-electron chi connectivity index (χ1n) is 5.77. The number of rotatable bonds is 8. The number of unbranched alkanes of at least 4 members (excludes halogenated alkanes) is 1. The monoisotopic (exact) mass is 257 g/mol. The fourth-order valence-corrected chi connectivity index (χ4v) is 1.91. The van der Waals surface area contributed by atoms with Crippen LogP contribution in [-0.4, -0.2) is 32.5 Å². The topological polar surface area (TPSA) is 78.0 Å². The van der Waals surface area contributed by atoms with Gasteiger partial charge in [-0.15, -0.1) is 0 Å². The Balaban J connectivity index is 2.46. The van der Waals surface area contributed by atoms with Crippen LogP contribution in [0.3, 0.4) is 0 Å². The van der Waals surface area contributed by atoms with E-state index in [0.29, 0.717) is 6.42 Å². The second kappa shape index (κ2) is 7.34. The predicted molar refractivity (Wildman–Crippen MR) is 69.2 cm³/mol. The Labute approximate surface area is 106 Å². The van der Waals surface area contributed by atoms with Gasteiger partial charge in [0, 0.05) is 18.3 Å². The van der Waals surface area contributed by atoms with Gasteiger partial charge in [0.25, 0.3) is 0 Å². The average molecular weight is 257 g/mol. The quantitative estimate of drug-likeness (QED) is 0.420. The summed E-state index contributed by atoms with van der Waals surface area (Å²) in [5, 5.41) is 12.0. The van der Waals surface area contributed by atoms with Crippen LogP contribution in [0.2, 0.25) is 0 Å². The third-order valence-electron chi connectivity index (χ3n) is 2.50. The lowest BCUT2D eigenvalue weighted by atomic mass is 10.1. The van der Waals surface area contributed by atoms with Crippen molar-refractivity contribution in [1.29, 1.82) is 0 Å². The maximum Gasteiger partial charge on any atom is 0.321 e. The van der Waals surface area contributed by atoms with Crippen molar-refractivity contribution < 1.29 is 9.90 Å². The van der Waals surface area contributed by atoms with Gasteiger partial charge in [0.05, 0.1) is 11.7 Å². The fraction of sp³-hybridized carbons (Fsp3) is 0.636. The van der Waals surface area contributed by atoms with Gasteiger partial charge in [-0.1, -0.05) is 19.8 Å². The lowest BCUT2D eigenvalue weighted by Gasteiger charge is -2.18. The minimum absolute atomic E-state index is 0.0843. The van der Waals surface area contributed by atoms with Crippen molar-refractivity contribution in [2.24, 2.45) is 0 Å². The highest BCUT2D eigenvalue weighted by atomic mass is 32.1. The van der Waals surface area contributed by atoms with E-state index in [2.05, 4.69) is 34.8 Å². The molecule has 1 unspecified atom stereocenters. The van der Waals surface area contributed by atoms with E-state index in [0.717, 1.165) is 25.0 Å². The van der Waals surface area contributed by atoms with Crippen LogP contribution in [0.1, 0.15) is 31.9 Å². The number of aromatic amines is 1. The van der Waals surface area contributed by atoms with Crippen molar-refractivity contribution in [3.8, 4) is 0 Å². The summed E-state index contributed by atoms with van der Waals surface area (Å²) in [7, 11) is 0. The third-order valence-corrected chi connectivity index (χ3v) is 2.91. The minimum atomic E-state index is -0.866. The van der Waals surface area contributed by atoms with Gasteiger partial charge in [-0.25, -0.2) is 4.98 Å². The number of carboxylic acids is 1. The summed E-state index contributed by atoms with van der Waals surface area (Å²) in [5.74, 6) is -0.866. The molecule has 0 aliphatic heterocycles. The molecule has 0 saturated heterocycles. The zero-order chi connectivity index (χ0) is 12.7. The second-order valence-corrected chi connectivity index (χ2v) is 4.62. The van der Waals surface area contributed by atoms with Gasteiger partial charge in [-0.3, -0.25) is 10.1 Å². The molecular formula is C11H19N3O2S. The number of carboxylic acid groups (broad SMARTS) is 1. The molecule has 0 aromatic carbocycles. The Hall–Kier alpha value is -1.01. The molecule has 1 heterocycles. The van der Waals surface area contributed by atoms with E-state index >= 15 is 0 Å². The first-order valence-corrected chi connectivity index (χ1v) is 6.29. The van der Waals surface area contributed by atoms with Crippen molar-refractivity contribution in [2.45, 2.75) is 44.0 Å². The van der Waals surface area contributed by atoms with E-state index in [1.807, 2.05) is 0 Å². The molecule has 6 heteroatoms. The maximum absolute atomic E-state index is 11.1. The molecule has 0 aliphatic rings. The van der Waals surface area contributed by atoms with Crippen LogP contribution in [0.4, 0.5) is 0 Å². The van der Waals surface area contributed by atoms with Crippen molar-refractivity contribution in [3.05, 3.63) is 18.2 Å². The average Bonchev–Trinajstić information content (AvgIpc) is 2.78. The summed E-state index contributed by atoms with van der Waals surface area (Å²) >= 11 is 4.35. The molecule has 2 atom stereocenters. The number of aromatic nitrogens is 2. The smallest absolute Gasteiger partial charge is 0.321 e. The van der Waals surface area contributed by atoms with Gasteiger partial charge >= 0.3 is 5.97 Å². The maximum atomic E-state index is 11.1. The first-order chi connectivity index (χ1) is 8.13. The van der Waals surface area contributed by atoms with Gasteiger partial charge in [0.15, 0.2) is 0 Å². The summed E-state index contributed by atoms with van der Waals surface area (Å²) in [6.07, 6.45) is 6.56. The summed E-state index contributed by atoms with van der Waals surface area (Å²) < 4.78 is 0. The second-order valence-electron chi connectivity index (χ2n) is 4.00. The number of hydrogen-bond donors (Lipinski definition) is 4. The van der Waals surface area contributed by atoms with Gasteiger partial charge in [0.1, 0.15) is 6.04 Å². The van der Waals surface area contributed by atoms with Crippen molar-refractivity contribution in [2.75, 3.05) is 0 Å². The Morgan fingerprint density at radius 1 is 1.71 bits per heavy atom. The van der Waals surface area contributed by atoms with Crippen LogP contribution >= 0.6 is 12.6 Å². The molecule has 0 fully saturated rings. The summed E-state index contributed by atoms with van der Waals surface area (Å²) in [6, 6.07) is -0.630. The van der Waals surface area contributed by atoms with Gasteiger partial charge < -0.3 is 10.1 Å². The Bertz CT molecular complexity index is 329. The largest absolute Gasteiger partial charge is 0.480 e. The van der Waals surface area contributed by atoms with Crippen LogP contribution in [-0.2, 0) is 11.2 Å². The number of hydrogen-bond acceptors (Lipinski definition) is 4. The number of nitrogens with zero attached hydrogens (tertiary/aromatic N) is 1. The SMILES string of the molecule is CCCCC(S)N[C@@H](Cc1cnc[nH]1)C(=O)O. The zero-order valence-corrected chi connectivity index (χ0v) is 10.8. The molecule has 0 spiro atoms. The zero-order valence-electron chi connectivity index (χ0n) is 9.89. The van der Waals surface area contributed by atoms with E-state index in [4.69, 9.17) is 5.11 Å². The Morgan fingerprint density at radius 2 is 2.47 bits per heavy atom. The van der Waals surface area contributed by atoms with Crippen LogP contribution in [0.5, 0.6) is 0 Å². The lowest BCUT2D eigenvalue weighted by molar-refractivity contribution is -0.139. The van der Waals surface area contributed by atoms with E-state index in [-0.39, 0.29) is 5.37 Å². The fourth-order valence-electron chi connectivity index (χ4n) is 1.55. The molecule has 0 saturated carbocycles. The molecule has 1 aromatic rings. The number of imidazole rings is 1. The van der Waals surface area contributed by atoms with E-state index in [1.165, 1.54) is 0 Å². The lowest BCUT2D eigenvalue weighted by Crippen LogP contribution is -2.42. The highest BCUT2D eigenvalue weighted by Crippen LogP contribution is 2.07. The number of H-pyrrole nitrogens is 1. The Kier molecular flexibility index (Phi) is 6.07. The molecule has 0 radical (unpaired) electrons. The molecule has 3 N–H and O–H groups in total. The molecular weight excluding hydrogens is 238 g/mol. The molecule has 0 amide bonds. The van der Waals surface area contributed by atoms with Gasteiger partial charge in [0.2, 0.25) is 0 Å². The number of carbonyl (C=O) groups is 1. The Morgan fingerprint density at radius 3 is 3.00 bits per heavy atom. The highest BCUT2D eigenvalue weighted by Gasteiger charge is 2.20. The van der Waals surface area contributed by atoms with E-state index in [9.17, 15) is 4.79 Å². The standard InChI is InChI=1S/C11H19N3O2S/c1-2-3-4-10(17)14-9(11(15)16)5-8-6-12-7-13-8/h6-7,9-10,14,17H,2-5H2,1H3,(H,12,13)(H,15,16)/t9-,10?/m0/s1.